The fourth-order valence-corrected chi connectivity index (χ4v) is 2.26. The number of hydrogen-bond acceptors (Lipinski definition) is 0. The van der Waals surface area contributed by atoms with E-state index in [1.807, 2.05) is 19.1 Å². The predicted molar refractivity (Wildman–Crippen MR) is 88.6 cm³/mol. The largest absolute Gasteiger partial charge is 0.355 e. The number of nitrogens with one attached hydrogen (secondary N) is 1. The summed E-state index contributed by atoms with van der Waals surface area (Å²) in [6.07, 6.45) is 17.9. The van der Waals surface area contributed by atoms with Crippen molar-refractivity contribution in [3.8, 4) is 12.3 Å². The van der Waals surface area contributed by atoms with Gasteiger partial charge in [0.05, 0.1) is 0 Å². The number of fused-ring (bicyclic) bond motifs is 1. The van der Waals surface area contributed by atoms with Crippen molar-refractivity contribution >= 4 is 17.0 Å². The van der Waals surface area contributed by atoms with Gasteiger partial charge in [-0.25, -0.2) is 0 Å². The van der Waals surface area contributed by atoms with Gasteiger partial charge in [0.15, 0.2) is 0 Å². The second kappa shape index (κ2) is 6.63. The number of aryl methyl sites for hydroxylation is 1. The van der Waals surface area contributed by atoms with E-state index in [1.54, 1.807) is 6.08 Å². The number of allylic oxidation sites excluding steroid dienone is 5. The molecule has 2 rings (SSSR count). The lowest BCUT2D eigenvalue weighted by Gasteiger charge is -1.97. The normalized spacial score (nSPS) is 12.1. The summed E-state index contributed by atoms with van der Waals surface area (Å²) in [6.45, 7) is 4.18. The zero-order valence-electron chi connectivity index (χ0n) is 12.0. The third-order valence-electron chi connectivity index (χ3n) is 3.29. The molecule has 1 aromatic heterocycles. The van der Waals surface area contributed by atoms with Crippen LogP contribution in [0.15, 0.2) is 48.6 Å². The minimum atomic E-state index is 0.905. The highest BCUT2D eigenvalue weighted by Crippen LogP contribution is 2.24. The van der Waals surface area contributed by atoms with Crippen LogP contribution >= 0.6 is 0 Å². The molecule has 1 heterocycles. The van der Waals surface area contributed by atoms with E-state index in [-0.39, 0.29) is 0 Å². The zero-order valence-corrected chi connectivity index (χ0v) is 12.0. The second-order valence-corrected chi connectivity index (χ2v) is 4.70. The van der Waals surface area contributed by atoms with Crippen LogP contribution in [0.3, 0.4) is 0 Å². The molecule has 1 N–H and O–H groups in total. The van der Waals surface area contributed by atoms with Crippen molar-refractivity contribution in [3.63, 3.8) is 0 Å². The molecule has 1 heteroatoms. The van der Waals surface area contributed by atoms with Gasteiger partial charge in [-0.2, -0.15) is 0 Å². The predicted octanol–water partition coefficient (Wildman–Crippen LogP) is 4.80. The van der Waals surface area contributed by atoms with Gasteiger partial charge in [-0.1, -0.05) is 42.4 Å². The smallest absolute Gasteiger partial charge is 0.0464 e. The maximum Gasteiger partial charge on any atom is 0.0464 e. The van der Waals surface area contributed by atoms with Gasteiger partial charge in [-0.05, 0) is 49.6 Å². The van der Waals surface area contributed by atoms with Crippen LogP contribution in [0.2, 0.25) is 0 Å². The average Bonchev–Trinajstić information content (AvgIpc) is 2.75. The van der Waals surface area contributed by atoms with E-state index in [9.17, 15) is 0 Å². The Labute approximate surface area is 120 Å². The van der Waals surface area contributed by atoms with Gasteiger partial charge in [-0.15, -0.1) is 6.42 Å². The van der Waals surface area contributed by atoms with Crippen molar-refractivity contribution in [2.45, 2.75) is 20.3 Å². The lowest BCUT2D eigenvalue weighted by atomic mass is 10.1. The molecule has 100 valence electrons. The summed E-state index contributed by atoms with van der Waals surface area (Å²) in [6, 6.07) is 6.58. The van der Waals surface area contributed by atoms with Crippen LogP contribution in [0, 0.1) is 19.3 Å². The highest BCUT2D eigenvalue weighted by molar-refractivity contribution is 5.87. The first kappa shape index (κ1) is 14.0. The van der Waals surface area contributed by atoms with Crippen molar-refractivity contribution < 1.29 is 0 Å². The van der Waals surface area contributed by atoms with E-state index >= 15 is 0 Å². The van der Waals surface area contributed by atoms with Crippen molar-refractivity contribution in [2.75, 3.05) is 0 Å². The van der Waals surface area contributed by atoms with E-state index < -0.39 is 0 Å². The number of hydrogen-bond donors (Lipinski definition) is 1. The van der Waals surface area contributed by atoms with Crippen LogP contribution in [0.25, 0.3) is 17.0 Å². The molecule has 0 radical (unpaired) electrons. The summed E-state index contributed by atoms with van der Waals surface area (Å²) >= 11 is 0. The summed E-state index contributed by atoms with van der Waals surface area (Å²) in [7, 11) is 0. The Morgan fingerprint density at radius 2 is 2.15 bits per heavy atom. The Bertz CT molecular complexity index is 718. The van der Waals surface area contributed by atoms with Crippen LogP contribution in [-0.2, 0) is 6.42 Å². The van der Waals surface area contributed by atoms with E-state index in [2.05, 4.69) is 54.3 Å². The standard InChI is InChI=1S/C19H19N/c1-4-6-7-8-9-11-16-12-13-17-15(3)18(10-5-2)20-19(17)14-16/h1,5-10,12-14,20H,11H2,2-3H3/b7-6-,9-8-,10-5-. The van der Waals surface area contributed by atoms with E-state index in [4.69, 9.17) is 6.42 Å². The summed E-state index contributed by atoms with van der Waals surface area (Å²) in [5.74, 6) is 2.47. The molecule has 0 atom stereocenters. The Morgan fingerprint density at radius 3 is 2.90 bits per heavy atom. The van der Waals surface area contributed by atoms with Crippen molar-refractivity contribution in [2.24, 2.45) is 0 Å². The first-order chi connectivity index (χ1) is 9.76. The first-order valence-electron chi connectivity index (χ1n) is 6.78. The number of terminal acetylenes is 1. The van der Waals surface area contributed by atoms with Crippen LogP contribution in [-0.4, -0.2) is 4.98 Å². The van der Waals surface area contributed by atoms with Gasteiger partial charge in [-0.3, -0.25) is 0 Å². The summed E-state index contributed by atoms with van der Waals surface area (Å²) in [4.78, 5) is 3.46. The fourth-order valence-electron chi connectivity index (χ4n) is 2.26. The highest BCUT2D eigenvalue weighted by atomic mass is 14.7. The maximum absolute atomic E-state index is 5.14. The molecule has 0 aliphatic carbocycles. The van der Waals surface area contributed by atoms with Gasteiger partial charge >= 0.3 is 0 Å². The molecule has 20 heavy (non-hydrogen) atoms. The van der Waals surface area contributed by atoms with Crippen LogP contribution in [0.1, 0.15) is 23.7 Å². The quantitative estimate of drug-likeness (QED) is 0.601. The van der Waals surface area contributed by atoms with Gasteiger partial charge in [0.2, 0.25) is 0 Å². The van der Waals surface area contributed by atoms with Crippen molar-refractivity contribution in [1.82, 2.24) is 4.98 Å². The molecule has 0 amide bonds. The van der Waals surface area contributed by atoms with Crippen molar-refractivity contribution in [3.05, 3.63) is 65.4 Å². The third kappa shape index (κ3) is 3.10. The minimum absolute atomic E-state index is 0.905. The Morgan fingerprint density at radius 1 is 1.30 bits per heavy atom. The Balaban J connectivity index is 2.24. The number of benzene rings is 1. The molecule has 0 spiro atoms. The zero-order chi connectivity index (χ0) is 14.4. The number of rotatable bonds is 4. The molecule has 2 aromatic rings. The van der Waals surface area contributed by atoms with Crippen LogP contribution in [0.5, 0.6) is 0 Å². The minimum Gasteiger partial charge on any atom is -0.355 e. The maximum atomic E-state index is 5.14. The average molecular weight is 261 g/mol. The lowest BCUT2D eigenvalue weighted by Crippen LogP contribution is -1.80. The van der Waals surface area contributed by atoms with Crippen LogP contribution in [0.4, 0.5) is 0 Å². The SMILES string of the molecule is C#C/C=C\C=C/Cc1ccc2c(C)c(/C=C\C)[nH]c2c1. The van der Waals surface area contributed by atoms with Crippen LogP contribution < -0.4 is 0 Å². The molecule has 0 bridgehead atoms. The molecule has 0 saturated carbocycles. The van der Waals surface area contributed by atoms with Gasteiger partial charge in [0.1, 0.15) is 0 Å². The van der Waals surface area contributed by atoms with E-state index in [1.165, 1.54) is 27.7 Å². The summed E-state index contributed by atoms with van der Waals surface area (Å²) < 4.78 is 0. The molecular formula is C19H19N. The number of aromatic amines is 1. The number of H-pyrrole nitrogens is 1. The summed E-state index contributed by atoms with van der Waals surface area (Å²) in [5, 5.41) is 1.29. The van der Waals surface area contributed by atoms with Gasteiger partial charge < -0.3 is 4.98 Å². The second-order valence-electron chi connectivity index (χ2n) is 4.70. The lowest BCUT2D eigenvalue weighted by molar-refractivity contribution is 1.27. The Kier molecular flexibility index (Phi) is 4.63. The molecule has 1 aromatic carbocycles. The molecule has 0 unspecified atom stereocenters. The summed E-state index contributed by atoms with van der Waals surface area (Å²) in [5.41, 5.74) is 4.97. The highest BCUT2D eigenvalue weighted by Gasteiger charge is 2.05. The molecule has 0 aliphatic heterocycles. The first-order valence-corrected chi connectivity index (χ1v) is 6.78. The molecule has 1 nitrogen and oxygen atoms in total. The fraction of sp³-hybridized carbons (Fsp3) is 0.158. The van der Waals surface area contributed by atoms with E-state index in [0.717, 1.165) is 6.42 Å². The monoisotopic (exact) mass is 261 g/mol. The molecule has 0 aliphatic rings. The topological polar surface area (TPSA) is 15.8 Å². The molecule has 0 fully saturated rings. The van der Waals surface area contributed by atoms with Crippen molar-refractivity contribution in [1.29, 1.82) is 0 Å². The van der Waals surface area contributed by atoms with Gasteiger partial charge in [0.25, 0.3) is 0 Å². The molecular weight excluding hydrogens is 242 g/mol. The van der Waals surface area contributed by atoms with Gasteiger partial charge in [0, 0.05) is 16.6 Å². The van der Waals surface area contributed by atoms with E-state index in [0.29, 0.717) is 0 Å². The molecule has 0 saturated heterocycles. The third-order valence-corrected chi connectivity index (χ3v) is 3.29. The number of aromatic nitrogens is 1. The Hall–Kier alpha value is -2.46.